The van der Waals surface area contributed by atoms with Gasteiger partial charge in [0.2, 0.25) is 11.8 Å². The molecule has 1 aromatic rings. The quantitative estimate of drug-likeness (QED) is 0.646. The molecule has 4 aliphatic rings. The molecule has 3 aliphatic carbocycles. The molecule has 6 heteroatoms. The van der Waals surface area contributed by atoms with Crippen molar-refractivity contribution in [3.8, 4) is 0 Å². The normalized spacial score (nSPS) is 38.8. The molecule has 2 amide bonds. The fourth-order valence-electron chi connectivity index (χ4n) is 7.98. The summed E-state index contributed by atoms with van der Waals surface area (Å²) in [5.74, 6) is 2.97. The van der Waals surface area contributed by atoms with E-state index in [1.54, 1.807) is 6.20 Å². The van der Waals surface area contributed by atoms with E-state index in [2.05, 4.69) is 24.1 Å². The number of carbonyl (C=O) groups excluding carboxylic acids is 2. The highest BCUT2D eigenvalue weighted by molar-refractivity contribution is 6.30. The van der Waals surface area contributed by atoms with Crippen molar-refractivity contribution < 1.29 is 9.59 Å². The summed E-state index contributed by atoms with van der Waals surface area (Å²) in [4.78, 5) is 31.3. The summed E-state index contributed by atoms with van der Waals surface area (Å²) in [5, 5.41) is 3.87. The standard InChI is InChI=1S/C26H34ClN3O2/c1-25-11-9-19-17(15-20(27)24-26(19,2)12-10-23(32)30(24)3)18(25)8-7-16(25)14-22(31)29-21-6-4-5-13-28-21/h4-6,13,16-19H,7-12,14-15H2,1-3H3,(H,28,29,31)/t16-,17?,18+,19?,25-,26-/m1/s1. The van der Waals surface area contributed by atoms with Gasteiger partial charge in [-0.25, -0.2) is 4.98 Å². The number of halogens is 1. The molecule has 1 aliphatic heterocycles. The Morgan fingerprint density at radius 3 is 2.78 bits per heavy atom. The number of nitrogens with zero attached hydrogens (tertiary/aromatic N) is 2. The van der Waals surface area contributed by atoms with Crippen LogP contribution in [0.5, 0.6) is 0 Å². The molecule has 0 bridgehead atoms. The van der Waals surface area contributed by atoms with Gasteiger partial charge in [-0.05, 0) is 79.7 Å². The Bertz CT molecular complexity index is 963. The van der Waals surface area contributed by atoms with Crippen LogP contribution in [0.1, 0.15) is 65.2 Å². The van der Waals surface area contributed by atoms with E-state index >= 15 is 0 Å². The minimum Gasteiger partial charge on any atom is -0.318 e. The summed E-state index contributed by atoms with van der Waals surface area (Å²) in [6.45, 7) is 4.77. The lowest BCUT2D eigenvalue weighted by Gasteiger charge is -2.59. The van der Waals surface area contributed by atoms with Gasteiger partial charge in [0.05, 0.1) is 0 Å². The van der Waals surface area contributed by atoms with E-state index < -0.39 is 0 Å². The third-order valence-electron chi connectivity index (χ3n) is 9.60. The van der Waals surface area contributed by atoms with Gasteiger partial charge in [-0.15, -0.1) is 0 Å². The van der Waals surface area contributed by atoms with Crippen LogP contribution in [0, 0.1) is 34.5 Å². The smallest absolute Gasteiger partial charge is 0.226 e. The summed E-state index contributed by atoms with van der Waals surface area (Å²) in [6, 6.07) is 5.58. The average molecular weight is 456 g/mol. The van der Waals surface area contributed by atoms with E-state index in [1.807, 2.05) is 30.1 Å². The van der Waals surface area contributed by atoms with Gasteiger partial charge >= 0.3 is 0 Å². The van der Waals surface area contributed by atoms with Gasteiger partial charge in [0.15, 0.2) is 0 Å². The molecule has 1 saturated heterocycles. The highest BCUT2D eigenvalue weighted by Gasteiger charge is 2.60. The molecule has 1 N–H and O–H groups in total. The minimum absolute atomic E-state index is 0.0154. The highest BCUT2D eigenvalue weighted by atomic mass is 35.5. The summed E-state index contributed by atoms with van der Waals surface area (Å²) in [6.07, 6.45) is 9.24. The number of allylic oxidation sites excluding steroid dienone is 2. The van der Waals surface area contributed by atoms with Crippen molar-refractivity contribution in [2.24, 2.45) is 34.5 Å². The zero-order chi connectivity index (χ0) is 22.7. The molecule has 0 aromatic carbocycles. The van der Waals surface area contributed by atoms with E-state index in [0.717, 1.165) is 42.8 Å². The van der Waals surface area contributed by atoms with Crippen molar-refractivity contribution in [1.82, 2.24) is 9.88 Å². The van der Waals surface area contributed by atoms with Gasteiger partial charge < -0.3 is 10.2 Å². The largest absolute Gasteiger partial charge is 0.318 e. The first-order chi connectivity index (χ1) is 15.2. The SMILES string of the molecule is CN1C(=O)CC[C@@]2(C)C1=C(Cl)CC1C2CC[C@]2(C)[C@@H](CC(=O)Nc3ccccn3)CC[C@@H]12. The predicted molar refractivity (Wildman–Crippen MR) is 126 cm³/mol. The summed E-state index contributed by atoms with van der Waals surface area (Å²) in [7, 11) is 1.90. The van der Waals surface area contributed by atoms with Crippen LogP contribution in [-0.2, 0) is 9.59 Å². The van der Waals surface area contributed by atoms with E-state index in [1.165, 1.54) is 6.42 Å². The highest BCUT2D eigenvalue weighted by Crippen LogP contribution is 2.67. The molecule has 1 aromatic heterocycles. The third-order valence-corrected chi connectivity index (χ3v) is 9.93. The fourth-order valence-corrected chi connectivity index (χ4v) is 8.50. The Morgan fingerprint density at radius 2 is 2.03 bits per heavy atom. The monoisotopic (exact) mass is 455 g/mol. The van der Waals surface area contributed by atoms with Crippen molar-refractivity contribution in [3.63, 3.8) is 0 Å². The Hall–Kier alpha value is -1.88. The maximum Gasteiger partial charge on any atom is 0.226 e. The van der Waals surface area contributed by atoms with E-state index in [0.29, 0.717) is 42.3 Å². The van der Waals surface area contributed by atoms with Crippen LogP contribution >= 0.6 is 11.6 Å². The van der Waals surface area contributed by atoms with Gasteiger partial charge in [-0.2, -0.15) is 0 Å². The molecule has 2 unspecified atom stereocenters. The van der Waals surface area contributed by atoms with Crippen molar-refractivity contribution in [1.29, 1.82) is 0 Å². The molecule has 2 heterocycles. The number of pyridine rings is 1. The lowest BCUT2D eigenvalue weighted by atomic mass is 9.49. The van der Waals surface area contributed by atoms with E-state index in [-0.39, 0.29) is 22.6 Å². The molecular formula is C26H34ClN3O2. The number of nitrogens with one attached hydrogen (secondary N) is 1. The lowest BCUT2D eigenvalue weighted by molar-refractivity contribution is -0.136. The average Bonchev–Trinajstić information content (AvgIpc) is 3.08. The first-order valence-electron chi connectivity index (χ1n) is 12.1. The number of rotatable bonds is 3. The van der Waals surface area contributed by atoms with Crippen LogP contribution in [0.4, 0.5) is 5.82 Å². The Balaban J connectivity index is 1.36. The second-order valence-electron chi connectivity index (χ2n) is 11.0. The minimum atomic E-state index is -0.0154. The molecule has 6 atom stereocenters. The maximum absolute atomic E-state index is 12.8. The molecule has 0 spiro atoms. The van der Waals surface area contributed by atoms with Crippen LogP contribution in [0.3, 0.4) is 0 Å². The number of hydrogen-bond acceptors (Lipinski definition) is 3. The number of hydrogen-bond donors (Lipinski definition) is 1. The summed E-state index contributed by atoms with van der Waals surface area (Å²) >= 11 is 6.92. The number of likely N-dealkylation sites (tertiary alicyclic amines) is 1. The van der Waals surface area contributed by atoms with Gasteiger partial charge in [0, 0.05) is 42.2 Å². The molecule has 0 radical (unpaired) electrons. The van der Waals surface area contributed by atoms with Crippen molar-refractivity contribution >= 4 is 29.2 Å². The lowest BCUT2D eigenvalue weighted by Crippen LogP contribution is -2.54. The van der Waals surface area contributed by atoms with Gasteiger partial charge in [0.1, 0.15) is 5.82 Å². The van der Waals surface area contributed by atoms with Gasteiger partial charge in [-0.3, -0.25) is 9.59 Å². The van der Waals surface area contributed by atoms with Gasteiger partial charge in [-0.1, -0.05) is 31.5 Å². The van der Waals surface area contributed by atoms with Crippen molar-refractivity contribution in [2.45, 2.75) is 65.2 Å². The molecular weight excluding hydrogens is 422 g/mol. The predicted octanol–water partition coefficient (Wildman–Crippen LogP) is 5.58. The number of piperidine rings is 1. The van der Waals surface area contributed by atoms with Crippen LogP contribution < -0.4 is 5.32 Å². The third kappa shape index (κ3) is 3.30. The Kier molecular flexibility index (Phi) is 5.39. The molecule has 172 valence electrons. The maximum atomic E-state index is 12.8. The number of carbonyl (C=O) groups is 2. The topological polar surface area (TPSA) is 62.3 Å². The zero-order valence-electron chi connectivity index (χ0n) is 19.4. The Labute approximate surface area is 196 Å². The molecule has 2 saturated carbocycles. The fraction of sp³-hybridized carbons (Fsp3) is 0.654. The first-order valence-corrected chi connectivity index (χ1v) is 12.5. The molecule has 32 heavy (non-hydrogen) atoms. The Morgan fingerprint density at radius 1 is 1.22 bits per heavy atom. The molecule has 5 nitrogen and oxygen atoms in total. The number of amides is 2. The first kappa shape index (κ1) is 21.9. The van der Waals surface area contributed by atoms with Crippen LogP contribution in [0.2, 0.25) is 0 Å². The second kappa shape index (κ2) is 7.86. The molecule has 5 rings (SSSR count). The number of aromatic nitrogens is 1. The van der Waals surface area contributed by atoms with Crippen LogP contribution in [0.25, 0.3) is 0 Å². The second-order valence-corrected chi connectivity index (χ2v) is 11.4. The number of fused-ring (bicyclic) bond motifs is 5. The van der Waals surface area contributed by atoms with Crippen molar-refractivity contribution in [3.05, 3.63) is 35.1 Å². The zero-order valence-corrected chi connectivity index (χ0v) is 20.1. The number of anilines is 1. The van der Waals surface area contributed by atoms with Crippen LogP contribution in [0.15, 0.2) is 35.1 Å². The van der Waals surface area contributed by atoms with Crippen LogP contribution in [-0.4, -0.2) is 28.7 Å². The van der Waals surface area contributed by atoms with E-state index in [9.17, 15) is 9.59 Å². The summed E-state index contributed by atoms with van der Waals surface area (Å²) in [5.41, 5.74) is 1.24. The van der Waals surface area contributed by atoms with Gasteiger partial charge in [0.25, 0.3) is 0 Å². The summed E-state index contributed by atoms with van der Waals surface area (Å²) < 4.78 is 0. The van der Waals surface area contributed by atoms with Crippen molar-refractivity contribution in [2.75, 3.05) is 12.4 Å². The molecule has 3 fully saturated rings. The van der Waals surface area contributed by atoms with E-state index in [4.69, 9.17) is 11.6 Å².